The van der Waals surface area contributed by atoms with E-state index in [1.54, 1.807) is 43.3 Å². The third-order valence-corrected chi connectivity index (χ3v) is 8.66. The summed E-state index contributed by atoms with van der Waals surface area (Å²) in [6, 6.07) is 21.7. The van der Waals surface area contributed by atoms with Gasteiger partial charge in [-0.3, -0.25) is 14.4 Å². The molecule has 0 saturated carbocycles. The van der Waals surface area contributed by atoms with Crippen LogP contribution < -0.4 is 57.7 Å². The Morgan fingerprint density at radius 2 is 1.26 bits per heavy atom. The van der Waals surface area contributed by atoms with E-state index in [0.717, 1.165) is 42.9 Å². The van der Waals surface area contributed by atoms with Crippen LogP contribution >= 0.6 is 0 Å². The topological polar surface area (TPSA) is 301 Å². The van der Waals surface area contributed by atoms with Crippen LogP contribution in [0.25, 0.3) is 33.4 Å². The SMILES string of the molecule is Cc1ccc(N(CC(=O)O)CC(=O)O)c(OCCOc2cc(-c3c4ccc(=[N+](C)C)cc-4oc4cc(N(C)C)ccc34)ccc2N(CC(=O)[O-])CC(=O)O)c1.N.N.N. The molecule has 12 N–H and O–H groups in total. The van der Waals surface area contributed by atoms with Gasteiger partial charge in [0.15, 0.2) is 0 Å². The van der Waals surface area contributed by atoms with Crippen molar-refractivity contribution < 1.29 is 53.5 Å². The van der Waals surface area contributed by atoms with Gasteiger partial charge in [-0.15, -0.1) is 0 Å². The zero-order chi connectivity index (χ0) is 40.0. The molecule has 0 unspecified atom stereocenters. The zero-order valence-electron chi connectivity index (χ0n) is 33.2. The minimum Gasteiger partial charge on any atom is -0.548 e. The molecular formula is C40H51N7O11. The molecule has 3 aromatic rings. The van der Waals surface area contributed by atoms with Crippen molar-refractivity contribution in [3.05, 3.63) is 83.7 Å². The van der Waals surface area contributed by atoms with E-state index in [-0.39, 0.29) is 54.5 Å². The number of benzene rings is 4. The Labute approximate surface area is 334 Å². The fourth-order valence-corrected chi connectivity index (χ4v) is 6.18. The highest BCUT2D eigenvalue weighted by atomic mass is 16.5. The maximum atomic E-state index is 11.9. The second-order valence-electron chi connectivity index (χ2n) is 13.2. The predicted octanol–water partition coefficient (Wildman–Crippen LogP) is 3.17. The molecule has 312 valence electrons. The number of carbonyl (C=O) groups is 4. The van der Waals surface area contributed by atoms with Gasteiger partial charge in [0.2, 0.25) is 5.36 Å². The number of ether oxygens (including phenoxy) is 2. The molecule has 58 heavy (non-hydrogen) atoms. The summed E-state index contributed by atoms with van der Waals surface area (Å²) in [6.45, 7) is -0.997. The third kappa shape index (κ3) is 11.3. The van der Waals surface area contributed by atoms with Crippen LogP contribution in [0.3, 0.4) is 0 Å². The lowest BCUT2D eigenvalue weighted by atomic mass is 9.93. The molecule has 1 aliphatic carbocycles. The number of anilines is 3. The molecule has 0 atom stereocenters. The number of hydrogen-bond donors (Lipinski definition) is 6. The average molecular weight is 806 g/mol. The van der Waals surface area contributed by atoms with Crippen molar-refractivity contribution in [3.8, 4) is 33.9 Å². The molecular weight excluding hydrogens is 754 g/mol. The summed E-state index contributed by atoms with van der Waals surface area (Å²) in [5, 5.41) is 42.0. The van der Waals surface area contributed by atoms with E-state index in [9.17, 15) is 39.6 Å². The number of carboxylic acids is 4. The van der Waals surface area contributed by atoms with Crippen molar-refractivity contribution in [1.29, 1.82) is 0 Å². The molecule has 1 heterocycles. The predicted molar refractivity (Wildman–Crippen MR) is 219 cm³/mol. The Balaban J connectivity index is 0.00000387. The van der Waals surface area contributed by atoms with Crippen LogP contribution in [0.5, 0.6) is 11.5 Å². The van der Waals surface area contributed by atoms with Gasteiger partial charge in [-0.2, -0.15) is 0 Å². The molecule has 0 aromatic heterocycles. The summed E-state index contributed by atoms with van der Waals surface area (Å²) >= 11 is 0. The summed E-state index contributed by atoms with van der Waals surface area (Å²) in [5.74, 6) is -4.22. The minimum atomic E-state index is -1.49. The molecule has 0 amide bonds. The van der Waals surface area contributed by atoms with Crippen LogP contribution in [0.1, 0.15) is 5.56 Å². The molecule has 2 aliphatic rings. The first-order chi connectivity index (χ1) is 26.1. The molecule has 0 bridgehead atoms. The third-order valence-electron chi connectivity index (χ3n) is 8.66. The monoisotopic (exact) mass is 805 g/mol. The molecule has 0 saturated heterocycles. The zero-order valence-corrected chi connectivity index (χ0v) is 33.2. The van der Waals surface area contributed by atoms with Crippen molar-refractivity contribution in [2.45, 2.75) is 6.92 Å². The van der Waals surface area contributed by atoms with E-state index < -0.39 is 50.1 Å². The lowest BCUT2D eigenvalue weighted by molar-refractivity contribution is -0.303. The lowest BCUT2D eigenvalue weighted by Gasteiger charge is -2.27. The molecule has 3 aromatic carbocycles. The van der Waals surface area contributed by atoms with Crippen molar-refractivity contribution in [3.63, 3.8) is 0 Å². The van der Waals surface area contributed by atoms with E-state index in [1.165, 1.54) is 0 Å². The minimum absolute atomic E-state index is 0. The second-order valence-corrected chi connectivity index (χ2v) is 13.2. The largest absolute Gasteiger partial charge is 0.548 e. The highest BCUT2D eigenvalue weighted by molar-refractivity contribution is 6.03. The molecule has 0 fully saturated rings. The molecule has 18 heteroatoms. The van der Waals surface area contributed by atoms with E-state index in [1.807, 2.05) is 74.1 Å². The molecule has 0 radical (unpaired) electrons. The van der Waals surface area contributed by atoms with Crippen LogP contribution in [-0.2, 0) is 19.2 Å². The Kier molecular flexibility index (Phi) is 16.6. The Hall–Kier alpha value is -6.89. The second kappa shape index (κ2) is 20.3. The number of fused-ring (bicyclic) bond motifs is 2. The molecule has 1 aliphatic heterocycles. The smallest absolute Gasteiger partial charge is 0.323 e. The van der Waals surface area contributed by atoms with Crippen LogP contribution in [0.2, 0.25) is 0 Å². The van der Waals surface area contributed by atoms with Gasteiger partial charge in [-0.05, 0) is 60.5 Å². The number of rotatable bonds is 17. The van der Waals surface area contributed by atoms with Gasteiger partial charge in [0.25, 0.3) is 0 Å². The summed E-state index contributed by atoms with van der Waals surface area (Å²) in [4.78, 5) is 51.0. The normalized spacial score (nSPS) is 10.4. The highest BCUT2D eigenvalue weighted by Crippen LogP contribution is 2.43. The number of nitrogens with zero attached hydrogens (tertiary/aromatic N) is 4. The van der Waals surface area contributed by atoms with E-state index >= 15 is 0 Å². The van der Waals surface area contributed by atoms with E-state index in [2.05, 4.69) is 0 Å². The number of aliphatic carboxylic acids is 4. The van der Waals surface area contributed by atoms with Crippen LogP contribution in [0.15, 0.2) is 77.2 Å². The van der Waals surface area contributed by atoms with Crippen LogP contribution in [0.4, 0.5) is 17.1 Å². The van der Waals surface area contributed by atoms with Crippen LogP contribution in [-0.4, -0.2) is 107 Å². The van der Waals surface area contributed by atoms with Crippen LogP contribution in [0, 0.1) is 6.92 Å². The Morgan fingerprint density at radius 3 is 1.79 bits per heavy atom. The van der Waals surface area contributed by atoms with Gasteiger partial charge in [-0.1, -0.05) is 12.1 Å². The number of carbonyl (C=O) groups excluding carboxylic acids is 1. The van der Waals surface area contributed by atoms with Crippen molar-refractivity contribution in [2.75, 3.05) is 82.3 Å². The number of aryl methyl sites for hydroxylation is 1. The fourth-order valence-electron chi connectivity index (χ4n) is 6.18. The van der Waals surface area contributed by atoms with Gasteiger partial charge in [-0.25, -0.2) is 4.58 Å². The van der Waals surface area contributed by atoms with Gasteiger partial charge in [0.05, 0.1) is 30.0 Å². The van der Waals surface area contributed by atoms with E-state index in [0.29, 0.717) is 16.9 Å². The maximum Gasteiger partial charge on any atom is 0.323 e. The van der Waals surface area contributed by atoms with Crippen molar-refractivity contribution >= 4 is 51.9 Å². The Bertz CT molecular complexity index is 2270. The van der Waals surface area contributed by atoms with Gasteiger partial charge in [0.1, 0.15) is 69.8 Å². The maximum absolute atomic E-state index is 11.9. The fraction of sp³-hybridized carbons (Fsp3) is 0.275. The first-order valence-corrected chi connectivity index (χ1v) is 17.1. The molecule has 18 nitrogen and oxygen atoms in total. The number of hydrogen-bond acceptors (Lipinski definition) is 14. The summed E-state index contributed by atoms with van der Waals surface area (Å²) in [5.41, 5.74) is 4.99. The quantitative estimate of drug-likeness (QED) is 0.0447. The molecule has 5 rings (SSSR count). The van der Waals surface area contributed by atoms with Gasteiger partial charge < -0.3 is 72.3 Å². The first-order valence-electron chi connectivity index (χ1n) is 17.1. The van der Waals surface area contributed by atoms with E-state index in [4.69, 9.17) is 13.9 Å². The summed E-state index contributed by atoms with van der Waals surface area (Å²) < 4.78 is 20.7. The summed E-state index contributed by atoms with van der Waals surface area (Å²) in [7, 11) is 7.71. The highest BCUT2D eigenvalue weighted by Gasteiger charge is 2.23. The van der Waals surface area contributed by atoms with Crippen molar-refractivity contribution in [2.24, 2.45) is 0 Å². The lowest BCUT2D eigenvalue weighted by Crippen LogP contribution is -2.41. The Morgan fingerprint density at radius 1 is 0.707 bits per heavy atom. The number of carboxylic acid groups (broad SMARTS) is 4. The standard InChI is InChI=1S/C40H42N4O11.3H3N/c1-24-6-12-30(43(20-36(45)46)21-37(47)48)34(16-24)53-14-15-54-35-17-25(7-13-31(35)44(22-38(49)50)23-39(51)52)40-28-10-8-26(41(2)3)18-32(28)55-33-19-27(42(4)5)9-11-29(33)40;;;/h6-13,16-19H,14-15,20-23H2,1-5H3,(H3-,45,46,47,48,49,50,51,52);3*1H3. The molecule has 0 spiro atoms. The van der Waals surface area contributed by atoms with Crippen molar-refractivity contribution in [1.82, 2.24) is 23.0 Å². The first kappa shape index (κ1) is 47.3. The summed E-state index contributed by atoms with van der Waals surface area (Å²) in [6.07, 6.45) is 0. The van der Waals surface area contributed by atoms with Gasteiger partial charge in [0, 0.05) is 48.4 Å². The van der Waals surface area contributed by atoms with Gasteiger partial charge >= 0.3 is 17.9 Å². The average Bonchev–Trinajstić information content (AvgIpc) is 3.10.